The standard InChI is InChI=1S/C19H22ClNO2S/c1-3-18(24-17-9-7-15(20)8-10-17)19(22)21-11-12-23-16-6-4-5-14(2)13-16/h4-10,13,18H,3,11-12H2,1-2H3,(H,21,22)/t18-/m1/s1. The first-order valence-electron chi connectivity index (χ1n) is 7.98. The largest absolute Gasteiger partial charge is 0.492 e. The number of carbonyl (C=O) groups is 1. The zero-order valence-corrected chi connectivity index (χ0v) is 15.5. The predicted molar refractivity (Wildman–Crippen MR) is 101 cm³/mol. The Morgan fingerprint density at radius 2 is 2.00 bits per heavy atom. The Bertz CT molecular complexity index is 661. The molecule has 24 heavy (non-hydrogen) atoms. The van der Waals surface area contributed by atoms with Gasteiger partial charge in [-0.15, -0.1) is 11.8 Å². The molecule has 0 saturated carbocycles. The minimum absolute atomic E-state index is 0.0327. The average Bonchev–Trinajstić information content (AvgIpc) is 2.58. The number of aryl methyl sites for hydroxylation is 1. The molecular formula is C19H22ClNO2S. The SMILES string of the molecule is CC[C@@H](Sc1ccc(Cl)cc1)C(=O)NCCOc1cccc(C)c1. The van der Waals surface area contributed by atoms with Gasteiger partial charge in [0.05, 0.1) is 11.8 Å². The fourth-order valence-corrected chi connectivity index (χ4v) is 3.27. The summed E-state index contributed by atoms with van der Waals surface area (Å²) in [6, 6.07) is 15.4. The first kappa shape index (κ1) is 18.7. The van der Waals surface area contributed by atoms with Gasteiger partial charge in [0.15, 0.2) is 0 Å². The molecule has 0 aromatic heterocycles. The Morgan fingerprint density at radius 3 is 2.67 bits per heavy atom. The van der Waals surface area contributed by atoms with Crippen LogP contribution < -0.4 is 10.1 Å². The van der Waals surface area contributed by atoms with Crippen molar-refractivity contribution in [3.8, 4) is 5.75 Å². The zero-order chi connectivity index (χ0) is 17.4. The molecule has 0 radical (unpaired) electrons. The van der Waals surface area contributed by atoms with E-state index in [1.165, 1.54) is 0 Å². The number of rotatable bonds is 8. The number of ether oxygens (including phenoxy) is 1. The molecule has 0 aliphatic rings. The van der Waals surface area contributed by atoms with Crippen molar-refractivity contribution in [2.75, 3.05) is 13.2 Å². The highest BCUT2D eigenvalue weighted by Gasteiger charge is 2.17. The summed E-state index contributed by atoms with van der Waals surface area (Å²) in [5.41, 5.74) is 1.15. The van der Waals surface area contributed by atoms with Gasteiger partial charge in [-0.25, -0.2) is 0 Å². The molecule has 5 heteroatoms. The van der Waals surface area contributed by atoms with Crippen molar-refractivity contribution in [3.63, 3.8) is 0 Å². The lowest BCUT2D eigenvalue weighted by Gasteiger charge is -2.15. The van der Waals surface area contributed by atoms with E-state index in [1.54, 1.807) is 11.8 Å². The summed E-state index contributed by atoms with van der Waals surface area (Å²) in [5, 5.41) is 3.52. The van der Waals surface area contributed by atoms with Crippen LogP contribution in [0.4, 0.5) is 0 Å². The van der Waals surface area contributed by atoms with E-state index >= 15 is 0 Å². The first-order chi connectivity index (χ1) is 11.6. The Balaban J connectivity index is 1.76. The number of nitrogens with one attached hydrogen (secondary N) is 1. The second-order valence-electron chi connectivity index (χ2n) is 5.42. The lowest BCUT2D eigenvalue weighted by molar-refractivity contribution is -0.120. The third kappa shape index (κ3) is 6.10. The molecule has 0 aliphatic heterocycles. The van der Waals surface area contributed by atoms with E-state index in [1.807, 2.05) is 62.4 Å². The number of hydrogen-bond donors (Lipinski definition) is 1. The smallest absolute Gasteiger partial charge is 0.233 e. The summed E-state index contributed by atoms with van der Waals surface area (Å²) in [6.45, 7) is 4.98. The molecule has 0 saturated heterocycles. The van der Waals surface area contributed by atoms with Crippen molar-refractivity contribution in [1.29, 1.82) is 0 Å². The highest BCUT2D eigenvalue weighted by molar-refractivity contribution is 8.00. The lowest BCUT2D eigenvalue weighted by atomic mass is 10.2. The predicted octanol–water partition coefficient (Wildman–Crippen LogP) is 4.71. The fourth-order valence-electron chi connectivity index (χ4n) is 2.16. The Morgan fingerprint density at radius 1 is 1.25 bits per heavy atom. The third-order valence-electron chi connectivity index (χ3n) is 3.41. The van der Waals surface area contributed by atoms with E-state index < -0.39 is 0 Å². The van der Waals surface area contributed by atoms with Gasteiger partial charge in [-0.2, -0.15) is 0 Å². The average molecular weight is 364 g/mol. The number of carbonyl (C=O) groups excluding carboxylic acids is 1. The summed E-state index contributed by atoms with van der Waals surface area (Å²) in [4.78, 5) is 13.3. The van der Waals surface area contributed by atoms with E-state index in [0.717, 1.165) is 22.6 Å². The summed E-state index contributed by atoms with van der Waals surface area (Å²) >= 11 is 7.44. The van der Waals surface area contributed by atoms with Crippen LogP contribution in [0.25, 0.3) is 0 Å². The summed E-state index contributed by atoms with van der Waals surface area (Å²) in [7, 11) is 0. The van der Waals surface area contributed by atoms with Crippen LogP contribution in [0, 0.1) is 6.92 Å². The molecule has 3 nitrogen and oxygen atoms in total. The van der Waals surface area contributed by atoms with Crippen molar-refractivity contribution in [2.45, 2.75) is 30.4 Å². The van der Waals surface area contributed by atoms with Crippen LogP contribution in [0.2, 0.25) is 5.02 Å². The molecule has 0 fully saturated rings. The highest BCUT2D eigenvalue weighted by Crippen LogP contribution is 2.26. The van der Waals surface area contributed by atoms with Crippen molar-refractivity contribution in [3.05, 3.63) is 59.1 Å². The molecule has 1 amide bonds. The molecular weight excluding hydrogens is 342 g/mol. The van der Waals surface area contributed by atoms with E-state index in [9.17, 15) is 4.79 Å². The Labute approximate surface area is 152 Å². The number of amides is 1. The van der Waals surface area contributed by atoms with Crippen LogP contribution in [0.3, 0.4) is 0 Å². The van der Waals surface area contributed by atoms with Gasteiger partial charge in [-0.05, 0) is 55.3 Å². The van der Waals surface area contributed by atoms with Gasteiger partial charge in [0, 0.05) is 9.92 Å². The number of hydrogen-bond acceptors (Lipinski definition) is 3. The molecule has 2 aromatic rings. The van der Waals surface area contributed by atoms with Crippen LogP contribution in [0.5, 0.6) is 5.75 Å². The second-order valence-corrected chi connectivity index (χ2v) is 7.14. The second kappa shape index (κ2) is 9.60. The number of benzene rings is 2. The zero-order valence-electron chi connectivity index (χ0n) is 13.9. The van der Waals surface area contributed by atoms with Crippen molar-refractivity contribution >= 4 is 29.3 Å². The van der Waals surface area contributed by atoms with Gasteiger partial charge >= 0.3 is 0 Å². The summed E-state index contributed by atoms with van der Waals surface area (Å²) in [6.07, 6.45) is 0.762. The Kier molecular flexibility index (Phi) is 7.47. The molecule has 0 heterocycles. The molecule has 2 rings (SSSR count). The molecule has 128 valence electrons. The minimum Gasteiger partial charge on any atom is -0.492 e. The fraction of sp³-hybridized carbons (Fsp3) is 0.316. The van der Waals surface area contributed by atoms with Crippen LogP contribution in [0.1, 0.15) is 18.9 Å². The Hall–Kier alpha value is -1.65. The topological polar surface area (TPSA) is 38.3 Å². The molecule has 2 aromatic carbocycles. The molecule has 0 bridgehead atoms. The van der Waals surface area contributed by atoms with Crippen LogP contribution in [-0.4, -0.2) is 24.3 Å². The quantitative estimate of drug-likeness (QED) is 0.545. The van der Waals surface area contributed by atoms with Gasteiger partial charge in [0.25, 0.3) is 0 Å². The maximum Gasteiger partial charge on any atom is 0.233 e. The first-order valence-corrected chi connectivity index (χ1v) is 9.23. The molecule has 0 spiro atoms. The monoisotopic (exact) mass is 363 g/mol. The maximum absolute atomic E-state index is 12.3. The highest BCUT2D eigenvalue weighted by atomic mass is 35.5. The number of thioether (sulfide) groups is 1. The van der Waals surface area contributed by atoms with Crippen LogP contribution >= 0.6 is 23.4 Å². The summed E-state index contributed by atoms with van der Waals surface area (Å²) in [5.74, 6) is 0.858. The summed E-state index contributed by atoms with van der Waals surface area (Å²) < 4.78 is 5.65. The van der Waals surface area contributed by atoms with Gasteiger partial charge in [-0.3, -0.25) is 4.79 Å². The van der Waals surface area contributed by atoms with E-state index in [4.69, 9.17) is 16.3 Å². The maximum atomic E-state index is 12.3. The van der Waals surface area contributed by atoms with Crippen molar-refractivity contribution in [1.82, 2.24) is 5.32 Å². The van der Waals surface area contributed by atoms with E-state index in [2.05, 4.69) is 5.32 Å². The van der Waals surface area contributed by atoms with Crippen LogP contribution in [0.15, 0.2) is 53.4 Å². The normalized spacial score (nSPS) is 11.8. The van der Waals surface area contributed by atoms with Gasteiger partial charge in [0.2, 0.25) is 5.91 Å². The minimum atomic E-state index is -0.120. The van der Waals surface area contributed by atoms with Gasteiger partial charge in [-0.1, -0.05) is 30.7 Å². The van der Waals surface area contributed by atoms with E-state index in [-0.39, 0.29) is 11.2 Å². The van der Waals surface area contributed by atoms with Crippen LogP contribution in [-0.2, 0) is 4.79 Å². The third-order valence-corrected chi connectivity index (χ3v) is 5.04. The van der Waals surface area contributed by atoms with Crippen molar-refractivity contribution in [2.24, 2.45) is 0 Å². The van der Waals surface area contributed by atoms with Gasteiger partial charge < -0.3 is 10.1 Å². The number of halogens is 1. The molecule has 1 atom stereocenters. The van der Waals surface area contributed by atoms with Gasteiger partial charge in [0.1, 0.15) is 12.4 Å². The molecule has 1 N–H and O–H groups in total. The van der Waals surface area contributed by atoms with E-state index in [0.29, 0.717) is 18.2 Å². The molecule has 0 aliphatic carbocycles. The molecule has 0 unspecified atom stereocenters. The lowest BCUT2D eigenvalue weighted by Crippen LogP contribution is -2.35. The van der Waals surface area contributed by atoms with Crippen molar-refractivity contribution < 1.29 is 9.53 Å².